The third kappa shape index (κ3) is 6.07. The average molecular weight is 439 g/mol. The predicted molar refractivity (Wildman–Crippen MR) is 125 cm³/mol. The van der Waals surface area contributed by atoms with E-state index in [1.807, 2.05) is 40.6 Å². The molecular formula is C25H30N2O3S. The van der Waals surface area contributed by atoms with Gasteiger partial charge in [0.05, 0.1) is 19.3 Å². The second-order valence-electron chi connectivity index (χ2n) is 7.77. The van der Waals surface area contributed by atoms with Crippen LogP contribution in [0.15, 0.2) is 47.8 Å². The van der Waals surface area contributed by atoms with E-state index in [0.29, 0.717) is 24.5 Å². The van der Waals surface area contributed by atoms with Crippen molar-refractivity contribution in [3.63, 3.8) is 0 Å². The molecule has 0 aliphatic carbocycles. The molecule has 0 fully saturated rings. The van der Waals surface area contributed by atoms with E-state index >= 15 is 0 Å². The minimum Gasteiger partial charge on any atom is -0.497 e. The Hall–Kier alpha value is -2.86. The van der Waals surface area contributed by atoms with E-state index < -0.39 is 0 Å². The van der Waals surface area contributed by atoms with Crippen LogP contribution in [0, 0.1) is 13.8 Å². The zero-order valence-corrected chi connectivity index (χ0v) is 19.7. The number of hydrogen-bond acceptors (Lipinski definition) is 5. The molecule has 164 valence electrons. The maximum Gasteiger partial charge on any atom is 0.254 e. The zero-order chi connectivity index (χ0) is 22.4. The van der Waals surface area contributed by atoms with Crippen molar-refractivity contribution in [2.75, 3.05) is 7.11 Å². The summed E-state index contributed by atoms with van der Waals surface area (Å²) >= 11 is 1.56. The van der Waals surface area contributed by atoms with Gasteiger partial charge in [0.25, 0.3) is 5.91 Å². The fourth-order valence-electron chi connectivity index (χ4n) is 3.39. The lowest BCUT2D eigenvalue weighted by molar-refractivity contribution is 0.0668. The molecule has 0 radical (unpaired) electrons. The Kier molecular flexibility index (Phi) is 7.69. The van der Waals surface area contributed by atoms with Gasteiger partial charge in [-0.05, 0) is 68.7 Å². The molecule has 1 heterocycles. The summed E-state index contributed by atoms with van der Waals surface area (Å²) in [6.45, 7) is 9.15. The third-order valence-electron chi connectivity index (χ3n) is 5.19. The first-order valence-electron chi connectivity index (χ1n) is 10.5. The van der Waals surface area contributed by atoms with Gasteiger partial charge in [0.2, 0.25) is 0 Å². The molecule has 0 saturated carbocycles. The average Bonchev–Trinajstić information content (AvgIpc) is 3.22. The normalized spacial score (nSPS) is 11.8. The van der Waals surface area contributed by atoms with E-state index in [2.05, 4.69) is 33.8 Å². The molecule has 1 aromatic heterocycles. The summed E-state index contributed by atoms with van der Waals surface area (Å²) in [5.41, 5.74) is 3.85. The van der Waals surface area contributed by atoms with Crippen LogP contribution in [0.4, 0.5) is 0 Å². The molecule has 2 aromatic carbocycles. The van der Waals surface area contributed by atoms with Gasteiger partial charge in [-0.1, -0.05) is 19.1 Å². The van der Waals surface area contributed by atoms with Crippen LogP contribution in [0.5, 0.6) is 11.5 Å². The van der Waals surface area contributed by atoms with Gasteiger partial charge >= 0.3 is 0 Å². The molecule has 5 nitrogen and oxygen atoms in total. The number of methoxy groups -OCH3 is 1. The minimum absolute atomic E-state index is 0.0192. The Morgan fingerprint density at radius 1 is 1.13 bits per heavy atom. The van der Waals surface area contributed by atoms with Gasteiger partial charge in [0.15, 0.2) is 0 Å². The number of carbonyl (C=O) groups is 1. The zero-order valence-electron chi connectivity index (χ0n) is 18.8. The van der Waals surface area contributed by atoms with Crippen molar-refractivity contribution >= 4 is 17.2 Å². The number of carbonyl (C=O) groups excluding carboxylic acids is 1. The van der Waals surface area contributed by atoms with E-state index in [9.17, 15) is 4.79 Å². The summed E-state index contributed by atoms with van der Waals surface area (Å²) in [6, 6.07) is 13.6. The lowest BCUT2D eigenvalue weighted by atomic mass is 10.1. The largest absolute Gasteiger partial charge is 0.497 e. The summed E-state index contributed by atoms with van der Waals surface area (Å²) in [5, 5.41) is 2.90. The van der Waals surface area contributed by atoms with E-state index in [4.69, 9.17) is 14.5 Å². The highest BCUT2D eigenvalue weighted by Gasteiger charge is 2.22. The van der Waals surface area contributed by atoms with Crippen LogP contribution in [0.1, 0.15) is 52.5 Å². The molecule has 1 amide bonds. The summed E-state index contributed by atoms with van der Waals surface area (Å²) in [6.07, 6.45) is 0.864. The maximum absolute atomic E-state index is 13.2. The Morgan fingerprint density at radius 3 is 2.55 bits per heavy atom. The van der Waals surface area contributed by atoms with Crippen LogP contribution < -0.4 is 9.47 Å². The molecule has 3 rings (SSSR count). The number of nitrogens with zero attached hydrogens (tertiary/aromatic N) is 2. The van der Waals surface area contributed by atoms with E-state index in [-0.39, 0.29) is 11.9 Å². The first-order chi connectivity index (χ1) is 14.9. The van der Waals surface area contributed by atoms with Crippen LogP contribution in [0.2, 0.25) is 0 Å². The molecule has 0 aliphatic heterocycles. The molecule has 0 unspecified atom stereocenters. The first-order valence-corrected chi connectivity index (χ1v) is 11.4. The molecule has 0 spiro atoms. The van der Waals surface area contributed by atoms with E-state index in [1.54, 1.807) is 24.5 Å². The van der Waals surface area contributed by atoms with Crippen molar-refractivity contribution in [3.8, 4) is 11.5 Å². The molecule has 0 aliphatic rings. The van der Waals surface area contributed by atoms with Crippen molar-refractivity contribution in [1.29, 1.82) is 0 Å². The number of hydrogen-bond donors (Lipinski definition) is 0. The number of rotatable bonds is 9. The van der Waals surface area contributed by atoms with E-state index in [0.717, 1.165) is 22.9 Å². The van der Waals surface area contributed by atoms with Gasteiger partial charge < -0.3 is 14.4 Å². The van der Waals surface area contributed by atoms with Gasteiger partial charge in [0, 0.05) is 17.0 Å². The number of ether oxygens (including phenoxy) is 2. The number of thiazole rings is 1. The van der Waals surface area contributed by atoms with Gasteiger partial charge in [-0.3, -0.25) is 4.79 Å². The highest BCUT2D eigenvalue weighted by Crippen LogP contribution is 2.22. The van der Waals surface area contributed by atoms with Crippen LogP contribution in [-0.2, 0) is 13.2 Å². The fraction of sp³-hybridized carbons (Fsp3) is 0.360. The van der Waals surface area contributed by atoms with Crippen molar-refractivity contribution in [3.05, 3.63) is 75.2 Å². The summed E-state index contributed by atoms with van der Waals surface area (Å²) in [7, 11) is 1.60. The van der Waals surface area contributed by atoms with E-state index in [1.165, 1.54) is 11.1 Å². The van der Waals surface area contributed by atoms with Crippen molar-refractivity contribution in [2.45, 2.75) is 53.3 Å². The molecule has 0 saturated heterocycles. The lowest BCUT2D eigenvalue weighted by Crippen LogP contribution is -2.37. The first kappa shape index (κ1) is 22.8. The second kappa shape index (κ2) is 10.4. The van der Waals surface area contributed by atoms with Gasteiger partial charge in [0.1, 0.15) is 23.1 Å². The second-order valence-corrected chi connectivity index (χ2v) is 8.71. The molecule has 3 aromatic rings. The number of amides is 1. The van der Waals surface area contributed by atoms with Crippen molar-refractivity contribution < 1.29 is 14.3 Å². The number of aromatic nitrogens is 1. The summed E-state index contributed by atoms with van der Waals surface area (Å²) in [5.74, 6) is 1.51. The summed E-state index contributed by atoms with van der Waals surface area (Å²) < 4.78 is 11.2. The Labute approximate surface area is 188 Å². The molecule has 0 N–H and O–H groups in total. The molecular weight excluding hydrogens is 408 g/mol. The van der Waals surface area contributed by atoms with Gasteiger partial charge in [-0.15, -0.1) is 11.3 Å². The maximum atomic E-state index is 13.2. The Morgan fingerprint density at radius 2 is 1.87 bits per heavy atom. The van der Waals surface area contributed by atoms with Crippen LogP contribution in [0.25, 0.3) is 0 Å². The lowest BCUT2D eigenvalue weighted by Gasteiger charge is -2.28. The molecule has 0 bridgehead atoms. The minimum atomic E-state index is -0.0192. The van der Waals surface area contributed by atoms with Gasteiger partial charge in [-0.25, -0.2) is 4.98 Å². The van der Waals surface area contributed by atoms with Crippen LogP contribution in [0.3, 0.4) is 0 Å². The quantitative estimate of drug-likeness (QED) is 0.424. The topological polar surface area (TPSA) is 51.7 Å². The van der Waals surface area contributed by atoms with Crippen LogP contribution >= 0.6 is 11.3 Å². The Balaban J connectivity index is 1.70. The Bertz CT molecular complexity index is 1010. The molecule has 1 atom stereocenters. The van der Waals surface area contributed by atoms with Crippen molar-refractivity contribution in [2.24, 2.45) is 0 Å². The SMILES string of the molecule is CC[C@H](C)N(Cc1csc(COc2cc(C)cc(C)c2)n1)C(=O)c1cccc(OC)c1. The monoisotopic (exact) mass is 438 g/mol. The fourth-order valence-corrected chi connectivity index (χ4v) is 4.09. The standard InChI is InChI=1S/C25H30N2O3S/c1-6-19(4)27(25(28)20-8-7-9-22(13-20)29-5)14-21-16-31-24(26-21)15-30-23-11-17(2)10-18(3)12-23/h7-13,16,19H,6,14-15H2,1-5H3/t19-/m0/s1. The highest BCUT2D eigenvalue weighted by atomic mass is 32.1. The highest BCUT2D eigenvalue weighted by molar-refractivity contribution is 7.09. The number of aryl methyl sites for hydroxylation is 2. The predicted octanol–water partition coefficient (Wildman–Crippen LogP) is 5.79. The smallest absolute Gasteiger partial charge is 0.254 e. The third-order valence-corrected chi connectivity index (χ3v) is 6.06. The molecule has 6 heteroatoms. The van der Waals surface area contributed by atoms with Crippen molar-refractivity contribution in [1.82, 2.24) is 9.88 Å². The van der Waals surface area contributed by atoms with Crippen LogP contribution in [-0.4, -0.2) is 28.9 Å². The number of benzene rings is 2. The summed E-state index contributed by atoms with van der Waals surface area (Å²) in [4.78, 5) is 19.8. The molecule has 31 heavy (non-hydrogen) atoms. The van der Waals surface area contributed by atoms with Gasteiger partial charge in [-0.2, -0.15) is 0 Å².